The number of hydrogen-bond donors (Lipinski definition) is 3. The fraction of sp³-hybridized carbons (Fsp3) is 0.381. The highest BCUT2D eigenvalue weighted by molar-refractivity contribution is 6.30. The molecular weight excluding hydrogens is 500 g/mol. The van der Waals surface area contributed by atoms with E-state index in [0.717, 1.165) is 13.1 Å². The van der Waals surface area contributed by atoms with Crippen LogP contribution >= 0.6 is 11.6 Å². The molecule has 0 spiro atoms. The molecule has 2 aliphatic heterocycles. The first-order chi connectivity index (χ1) is 17.1. The van der Waals surface area contributed by atoms with Gasteiger partial charge in [-0.2, -0.15) is 0 Å². The fourth-order valence-corrected chi connectivity index (χ4v) is 3.40. The lowest BCUT2D eigenvalue weighted by molar-refractivity contribution is -0.152. The standard InChI is InChI=1S/C17H17ClN6O3.C4H6O5/c1-22-6-8-23(9-7-22)17(26)27-16-14-13(19-4-5-20-14)15(25)24(16)12-3-2-11(18)10-21-12;5-2(4(8)9)1-3(6)7/h2-5,10,16H,6-9H2,1H3;2,5H,1H2,(H,6,7)(H,8,9)/t;2-/m.0/s1. The zero-order valence-corrected chi connectivity index (χ0v) is 19.8. The summed E-state index contributed by atoms with van der Waals surface area (Å²) in [6.07, 6.45) is 0.238. The number of carboxylic acids is 2. The first kappa shape index (κ1) is 26.7. The Morgan fingerprint density at radius 1 is 1.11 bits per heavy atom. The second-order valence-corrected chi connectivity index (χ2v) is 8.21. The van der Waals surface area contributed by atoms with Crippen molar-refractivity contribution in [2.75, 3.05) is 38.1 Å². The van der Waals surface area contributed by atoms with Crippen LogP contribution in [0.15, 0.2) is 30.7 Å². The van der Waals surface area contributed by atoms with Crippen LogP contribution in [0.2, 0.25) is 5.02 Å². The van der Waals surface area contributed by atoms with E-state index in [4.69, 9.17) is 31.7 Å². The molecule has 192 valence electrons. The zero-order valence-electron chi connectivity index (χ0n) is 19.0. The molecule has 14 nitrogen and oxygen atoms in total. The van der Waals surface area contributed by atoms with Crippen LogP contribution in [0.25, 0.3) is 0 Å². The lowest BCUT2D eigenvalue weighted by Crippen LogP contribution is -2.48. The van der Waals surface area contributed by atoms with Gasteiger partial charge in [-0.25, -0.2) is 24.5 Å². The number of amides is 2. The number of aliphatic carboxylic acids is 2. The maximum atomic E-state index is 12.8. The van der Waals surface area contributed by atoms with Crippen molar-refractivity contribution >= 4 is 41.4 Å². The van der Waals surface area contributed by atoms with Gasteiger partial charge in [-0.05, 0) is 19.2 Å². The Balaban J connectivity index is 0.000000345. The number of aliphatic hydroxyl groups is 1. The summed E-state index contributed by atoms with van der Waals surface area (Å²) < 4.78 is 5.68. The number of hydrogen-bond acceptors (Lipinski definition) is 10. The monoisotopic (exact) mass is 522 g/mol. The number of pyridine rings is 1. The largest absolute Gasteiger partial charge is 0.481 e. The summed E-state index contributed by atoms with van der Waals surface area (Å²) in [6, 6.07) is 3.20. The second-order valence-electron chi connectivity index (χ2n) is 7.78. The van der Waals surface area contributed by atoms with Crippen molar-refractivity contribution in [2.45, 2.75) is 18.8 Å². The molecular formula is C21H23ClN6O8. The molecule has 2 atom stereocenters. The van der Waals surface area contributed by atoms with E-state index in [1.165, 1.54) is 23.5 Å². The molecule has 3 N–H and O–H groups in total. The number of carbonyl (C=O) groups is 4. The highest BCUT2D eigenvalue weighted by Crippen LogP contribution is 2.35. The molecule has 0 aliphatic carbocycles. The third kappa shape index (κ3) is 6.41. The van der Waals surface area contributed by atoms with E-state index in [-0.39, 0.29) is 5.69 Å². The van der Waals surface area contributed by atoms with E-state index in [0.29, 0.717) is 29.6 Å². The molecule has 4 rings (SSSR count). The van der Waals surface area contributed by atoms with Gasteiger partial charge in [-0.15, -0.1) is 0 Å². The van der Waals surface area contributed by atoms with Gasteiger partial charge in [0.2, 0.25) is 6.23 Å². The topological polar surface area (TPSA) is 187 Å². The lowest BCUT2D eigenvalue weighted by atomic mass is 10.3. The SMILES string of the molecule is CN1CCN(C(=O)OC2c3nccnc3C(=O)N2c2ccc(Cl)cn2)CC1.O=C(O)C[C@H](O)C(=O)O. The summed E-state index contributed by atoms with van der Waals surface area (Å²) in [5, 5.41) is 24.6. The quantitative estimate of drug-likeness (QED) is 0.493. The summed E-state index contributed by atoms with van der Waals surface area (Å²) >= 11 is 5.89. The van der Waals surface area contributed by atoms with E-state index < -0.39 is 42.7 Å². The normalized spacial score (nSPS) is 18.1. The van der Waals surface area contributed by atoms with Gasteiger partial charge in [-0.1, -0.05) is 11.6 Å². The smallest absolute Gasteiger partial charge is 0.412 e. The van der Waals surface area contributed by atoms with Crippen LogP contribution in [0, 0.1) is 0 Å². The number of likely N-dealkylation sites (N-methyl/N-ethyl adjacent to an activating group) is 1. The van der Waals surface area contributed by atoms with Crippen LogP contribution in [-0.2, 0) is 14.3 Å². The number of anilines is 1. The number of aliphatic hydroxyl groups excluding tert-OH is 1. The number of carbonyl (C=O) groups excluding carboxylic acids is 2. The van der Waals surface area contributed by atoms with Crippen molar-refractivity contribution in [3.63, 3.8) is 0 Å². The number of piperazine rings is 1. The summed E-state index contributed by atoms with van der Waals surface area (Å²) in [5.74, 6) is -2.97. The van der Waals surface area contributed by atoms with Crippen LogP contribution < -0.4 is 4.90 Å². The molecule has 1 fully saturated rings. The van der Waals surface area contributed by atoms with Crippen molar-refractivity contribution in [1.82, 2.24) is 24.8 Å². The van der Waals surface area contributed by atoms with Crippen molar-refractivity contribution in [2.24, 2.45) is 0 Å². The highest BCUT2D eigenvalue weighted by atomic mass is 35.5. The molecule has 2 amide bonds. The molecule has 15 heteroatoms. The van der Waals surface area contributed by atoms with Crippen molar-refractivity contribution in [1.29, 1.82) is 0 Å². The number of ether oxygens (including phenoxy) is 1. The van der Waals surface area contributed by atoms with Gasteiger partial charge in [-0.3, -0.25) is 14.6 Å². The number of fused-ring (bicyclic) bond motifs is 1. The second kappa shape index (κ2) is 11.7. The number of halogens is 1. The van der Waals surface area contributed by atoms with Crippen LogP contribution in [0.5, 0.6) is 0 Å². The average Bonchev–Trinajstić information content (AvgIpc) is 3.11. The van der Waals surface area contributed by atoms with Gasteiger partial charge in [0, 0.05) is 44.8 Å². The maximum absolute atomic E-state index is 12.8. The number of rotatable bonds is 5. The summed E-state index contributed by atoms with van der Waals surface area (Å²) in [6.45, 7) is 2.64. The van der Waals surface area contributed by atoms with E-state index >= 15 is 0 Å². The Hall–Kier alpha value is -3.88. The Morgan fingerprint density at radius 2 is 1.78 bits per heavy atom. The minimum Gasteiger partial charge on any atom is -0.481 e. The third-order valence-electron chi connectivity index (χ3n) is 5.20. The van der Waals surface area contributed by atoms with Gasteiger partial charge in [0.1, 0.15) is 11.5 Å². The van der Waals surface area contributed by atoms with Gasteiger partial charge in [0.15, 0.2) is 11.8 Å². The molecule has 36 heavy (non-hydrogen) atoms. The molecule has 2 aliphatic rings. The Morgan fingerprint density at radius 3 is 2.33 bits per heavy atom. The summed E-state index contributed by atoms with van der Waals surface area (Å²) in [4.78, 5) is 62.4. The summed E-state index contributed by atoms with van der Waals surface area (Å²) in [5.41, 5.74) is 0.437. The van der Waals surface area contributed by atoms with Gasteiger partial charge >= 0.3 is 18.0 Å². The molecule has 2 aromatic heterocycles. The Labute approximate surface area is 209 Å². The average molecular weight is 523 g/mol. The highest BCUT2D eigenvalue weighted by Gasteiger charge is 2.44. The Bertz CT molecular complexity index is 1130. The molecule has 0 radical (unpaired) electrons. The van der Waals surface area contributed by atoms with Crippen LogP contribution in [-0.4, -0.2) is 103 Å². The van der Waals surface area contributed by atoms with Crippen molar-refractivity contribution in [3.8, 4) is 0 Å². The number of nitrogens with zero attached hydrogens (tertiary/aromatic N) is 6. The predicted molar refractivity (Wildman–Crippen MR) is 122 cm³/mol. The van der Waals surface area contributed by atoms with Gasteiger partial charge in [0.25, 0.3) is 5.91 Å². The molecule has 0 saturated carbocycles. The Kier molecular flexibility index (Phi) is 8.68. The third-order valence-corrected chi connectivity index (χ3v) is 5.43. The van der Waals surface area contributed by atoms with Gasteiger partial charge in [0.05, 0.1) is 11.4 Å². The fourth-order valence-electron chi connectivity index (χ4n) is 3.29. The van der Waals surface area contributed by atoms with E-state index in [2.05, 4.69) is 19.9 Å². The molecule has 4 heterocycles. The first-order valence-electron chi connectivity index (χ1n) is 10.6. The minimum absolute atomic E-state index is 0.144. The van der Waals surface area contributed by atoms with Crippen LogP contribution in [0.4, 0.5) is 10.6 Å². The van der Waals surface area contributed by atoms with Gasteiger partial charge < -0.3 is 29.9 Å². The van der Waals surface area contributed by atoms with Crippen LogP contribution in [0.3, 0.4) is 0 Å². The van der Waals surface area contributed by atoms with E-state index in [9.17, 15) is 19.2 Å². The number of carboxylic acid groups (broad SMARTS) is 2. The zero-order chi connectivity index (χ0) is 26.4. The van der Waals surface area contributed by atoms with E-state index in [1.807, 2.05) is 7.05 Å². The first-order valence-corrected chi connectivity index (χ1v) is 11.0. The summed E-state index contributed by atoms with van der Waals surface area (Å²) in [7, 11) is 2.00. The number of aromatic nitrogens is 3. The van der Waals surface area contributed by atoms with Crippen LogP contribution in [0.1, 0.15) is 28.8 Å². The molecule has 2 aromatic rings. The van der Waals surface area contributed by atoms with E-state index in [1.54, 1.807) is 17.0 Å². The van der Waals surface area contributed by atoms with Crippen molar-refractivity contribution in [3.05, 3.63) is 47.1 Å². The molecule has 1 unspecified atom stereocenters. The minimum atomic E-state index is -1.79. The molecule has 1 saturated heterocycles. The maximum Gasteiger partial charge on any atom is 0.412 e. The molecule has 0 bridgehead atoms. The lowest BCUT2D eigenvalue weighted by Gasteiger charge is -2.33. The molecule has 0 aromatic carbocycles. The predicted octanol–water partition coefficient (Wildman–Crippen LogP) is 0.475. The van der Waals surface area contributed by atoms with Crippen molar-refractivity contribution < 1.29 is 39.2 Å².